The summed E-state index contributed by atoms with van der Waals surface area (Å²) in [5.74, 6) is -15.9. The zero-order valence-electron chi connectivity index (χ0n) is 61.1. The van der Waals surface area contributed by atoms with Gasteiger partial charge in [0.2, 0.25) is 82.7 Å². The van der Waals surface area contributed by atoms with Crippen molar-refractivity contribution in [2.45, 2.75) is 178 Å². The summed E-state index contributed by atoms with van der Waals surface area (Å²) in [5.41, 5.74) is 25.7. The Balaban J connectivity index is 1.15. The summed E-state index contributed by atoms with van der Waals surface area (Å²) >= 11 is 8.65. The average molecular weight is 1550 g/mol. The molecule has 1 aliphatic heterocycles. The Hall–Kier alpha value is -10.8. The number of nitrogens with two attached hydrogens (primary N) is 4. The normalized spacial score (nSPS) is 15.7. The Morgan fingerprint density at radius 3 is 1.56 bits per heavy atom. The van der Waals surface area contributed by atoms with Crippen molar-refractivity contribution in [2.24, 2.45) is 34.8 Å². The number of phenols is 1. The van der Waals surface area contributed by atoms with Crippen molar-refractivity contribution in [2.75, 3.05) is 31.1 Å². The molecule has 592 valence electrons. The number of aromatic nitrogens is 2. The van der Waals surface area contributed by atoms with Gasteiger partial charge in [-0.15, -0.1) is 0 Å². The molecule has 0 unspecified atom stereocenters. The zero-order chi connectivity index (χ0) is 80.3. The van der Waals surface area contributed by atoms with Crippen LogP contribution in [0.25, 0.3) is 21.8 Å². The number of nitrogens with one attached hydrogen (secondary N) is 13. The molecule has 5 aromatic rings. The van der Waals surface area contributed by atoms with E-state index >= 15 is 0 Å². The highest BCUT2D eigenvalue weighted by Gasteiger charge is 2.41. The van der Waals surface area contributed by atoms with Crippen molar-refractivity contribution in [1.29, 1.82) is 0 Å². The second-order valence-electron chi connectivity index (χ2n) is 27.5. The molecule has 0 spiro atoms. The summed E-state index contributed by atoms with van der Waals surface area (Å²) in [6, 6.07) is 3.07. The highest BCUT2D eigenvalue weighted by Crippen LogP contribution is 2.24. The lowest BCUT2D eigenvalue weighted by Crippen LogP contribution is -2.61. The number of phenolic OH excluding ortho intramolecular Hbond substituents is 1. The molecule has 0 bridgehead atoms. The van der Waals surface area contributed by atoms with E-state index in [4.69, 9.17) is 22.9 Å². The third-order valence-corrected chi connectivity index (χ3v) is 18.8. The van der Waals surface area contributed by atoms with Crippen LogP contribution in [0.5, 0.6) is 5.75 Å². The fourth-order valence-electron chi connectivity index (χ4n) is 12.2. The number of benzene rings is 3. The van der Waals surface area contributed by atoms with Crippen molar-refractivity contribution >= 4 is 136 Å². The summed E-state index contributed by atoms with van der Waals surface area (Å²) in [5, 5.41) is 48.8. The lowest BCUT2D eigenvalue weighted by Gasteiger charge is -2.30. The number of nitrogens with zero attached hydrogens (tertiary/aromatic N) is 1. The predicted molar refractivity (Wildman–Crippen MR) is 407 cm³/mol. The highest BCUT2D eigenvalue weighted by molar-refractivity contribution is 7.80. The second kappa shape index (κ2) is 42.1. The molecule has 35 nitrogen and oxygen atoms in total. The second-order valence-corrected chi connectivity index (χ2v) is 28.2. The van der Waals surface area contributed by atoms with Crippen LogP contribution < -0.4 is 81.4 Å². The summed E-state index contributed by atoms with van der Waals surface area (Å²) < 4.78 is 0. The topological polar surface area (TPSA) is 568 Å². The minimum absolute atomic E-state index is 0.0548. The molecule has 3 heterocycles. The quantitative estimate of drug-likeness (QED) is 0.0139. The molecule has 1 saturated heterocycles. The van der Waals surface area contributed by atoms with Gasteiger partial charge in [-0.25, -0.2) is 4.79 Å². The van der Waals surface area contributed by atoms with Crippen molar-refractivity contribution in [3.8, 4) is 5.75 Å². The van der Waals surface area contributed by atoms with E-state index in [1.165, 1.54) is 24.0 Å². The number of primary amides is 2. The molecular formula is C72H100N18O17S2. The molecule has 12 atom stereocenters. The van der Waals surface area contributed by atoms with Crippen molar-refractivity contribution in [3.05, 3.63) is 102 Å². The predicted octanol–water partition coefficient (Wildman–Crippen LogP) is -2.79. The van der Waals surface area contributed by atoms with Gasteiger partial charge in [-0.1, -0.05) is 82.6 Å². The maximum absolute atomic E-state index is 14.7. The summed E-state index contributed by atoms with van der Waals surface area (Å²) in [7, 11) is 0. The number of likely N-dealkylation sites (tertiary alicyclic amines) is 1. The Morgan fingerprint density at radius 2 is 1.02 bits per heavy atom. The van der Waals surface area contributed by atoms with Crippen molar-refractivity contribution in [3.63, 3.8) is 0 Å². The van der Waals surface area contributed by atoms with Crippen LogP contribution in [0.15, 0.2) is 85.2 Å². The molecule has 23 N–H and O–H groups in total. The number of fused-ring (bicyclic) bond motifs is 2. The number of carboxylic acids is 1. The molecule has 0 saturated carbocycles. The zero-order valence-corrected chi connectivity index (χ0v) is 62.9. The van der Waals surface area contributed by atoms with E-state index in [0.29, 0.717) is 64.3 Å². The van der Waals surface area contributed by atoms with Gasteiger partial charge in [0.15, 0.2) is 0 Å². The third-order valence-electron chi connectivity index (χ3n) is 18.1. The number of hydrogen-bond donors (Lipinski definition) is 21. The van der Waals surface area contributed by atoms with Gasteiger partial charge < -0.3 is 107 Å². The van der Waals surface area contributed by atoms with Crippen LogP contribution in [0.4, 0.5) is 0 Å². The average Bonchev–Trinajstić information content (AvgIpc) is 1.71. The molecule has 1 aliphatic rings. The molecule has 0 radical (unpaired) electrons. The highest BCUT2D eigenvalue weighted by atomic mass is 32.1. The van der Waals surface area contributed by atoms with Gasteiger partial charge in [-0.05, 0) is 98.4 Å². The molecule has 109 heavy (non-hydrogen) atoms. The van der Waals surface area contributed by atoms with Gasteiger partial charge >= 0.3 is 5.97 Å². The van der Waals surface area contributed by atoms with Gasteiger partial charge in [0.1, 0.15) is 72.2 Å². The SMILES string of the molecule is CC(C)C[C@H](NC(=O)[C@H](CC(N)=O)NC(=O)[C@H](CS)NC(=O)[C@H](Cc1c[nH]c2ccccc12)NC(=O)[C@H](Cc1ccc(O)cc1)NC(=O)[C@@H](N)CCCCN)C(=O)N[C@@H](Cc1c[nH]c2ccccc12)C(=O)NCC(=O)N[C@H](C(=O)N[C@@H](CS)C(=O)N1CCC[C@H]1C(=O)N[C@@H](C)C(=O)N[C@@H](CC(N)=O)C(=O)O)C(C)C. The van der Waals surface area contributed by atoms with E-state index in [1.54, 1.807) is 101 Å². The number of carboxylic acid groups (broad SMARTS) is 1. The van der Waals surface area contributed by atoms with E-state index in [1.807, 2.05) is 0 Å². The van der Waals surface area contributed by atoms with Gasteiger partial charge in [-0.3, -0.25) is 67.1 Å². The molecule has 1 fully saturated rings. The first-order valence-corrected chi connectivity index (χ1v) is 36.9. The van der Waals surface area contributed by atoms with Crippen LogP contribution in [-0.2, 0) is 91.2 Å². The Morgan fingerprint density at radius 1 is 0.541 bits per heavy atom. The minimum Gasteiger partial charge on any atom is -0.508 e. The van der Waals surface area contributed by atoms with E-state index < -0.39 is 192 Å². The standard InChI is InChI=1S/C72H100N18O17S2/c1-36(2)25-48(82-67(101)52(29-57(75)92)85-68(102)54(34-108)87-66(100)51(28-41-32-78-47-17-9-7-14-44(41)47)84-65(99)49(26-39-19-21-42(91)22-20-39)81-62(96)45(74)15-10-11-23-73)64(98)83-50(27-40-31-77-46-16-8-6-13-43(40)46)63(97)79-33-59(94)89-60(37(3)4)70(104)88-55(35-109)71(105)90-24-12-18-56(90)69(103)80-38(5)61(95)86-53(72(106)107)30-58(76)93/h6-9,13-14,16-17,19-22,31-32,36-38,45,48-56,60,77-78,91,108-109H,10-12,15,18,23-30,33-35,73-74H2,1-5H3,(H2,75,92)(H2,76,93)(H,79,97)(H,80,103)(H,81,96)(H,82,101)(H,83,98)(H,84,99)(H,85,102)(H,86,95)(H,87,100)(H,88,104)(H,89,94)(H,106,107)/t38-,45-,48-,49-,50-,51-,52-,53-,54-,55-,56-,60-/m0/s1. The number of amides is 14. The number of thiol groups is 2. The van der Waals surface area contributed by atoms with E-state index in [-0.39, 0.29) is 62.5 Å². The van der Waals surface area contributed by atoms with Crippen LogP contribution in [-0.4, -0.2) is 217 Å². The number of rotatable bonds is 43. The first-order valence-electron chi connectivity index (χ1n) is 35.7. The first-order chi connectivity index (χ1) is 51.7. The largest absolute Gasteiger partial charge is 0.508 e. The number of aromatic hydroxyl groups is 1. The number of H-pyrrole nitrogens is 2. The maximum atomic E-state index is 14.7. The number of hydrogen-bond acceptors (Lipinski definition) is 20. The molecule has 3 aromatic carbocycles. The van der Waals surface area contributed by atoms with Crippen LogP contribution in [0.2, 0.25) is 0 Å². The molecular weight excluding hydrogens is 1450 g/mol. The number of aliphatic carboxylic acids is 1. The summed E-state index contributed by atoms with van der Waals surface area (Å²) in [6.07, 6.45) is 2.99. The molecule has 14 amide bonds. The van der Waals surface area contributed by atoms with Gasteiger partial charge in [0, 0.05) is 71.5 Å². The first kappa shape index (κ1) is 87.1. The molecule has 6 rings (SSSR count). The van der Waals surface area contributed by atoms with Gasteiger partial charge in [0.25, 0.3) is 0 Å². The maximum Gasteiger partial charge on any atom is 0.326 e. The van der Waals surface area contributed by atoms with Crippen LogP contribution in [0.3, 0.4) is 0 Å². The van der Waals surface area contributed by atoms with Crippen LogP contribution in [0.1, 0.15) is 103 Å². The molecule has 2 aromatic heterocycles. The van der Waals surface area contributed by atoms with Crippen molar-refractivity contribution < 1.29 is 82.1 Å². The van der Waals surface area contributed by atoms with Crippen LogP contribution >= 0.6 is 25.3 Å². The van der Waals surface area contributed by atoms with Crippen LogP contribution in [0, 0.1) is 11.8 Å². The minimum atomic E-state index is -1.81. The Kier molecular flexibility index (Phi) is 33.6. The summed E-state index contributed by atoms with van der Waals surface area (Å²) in [6.45, 7) is 7.57. The summed E-state index contributed by atoms with van der Waals surface area (Å²) in [4.78, 5) is 212. The number of aromatic amines is 2. The van der Waals surface area contributed by atoms with E-state index in [0.717, 1.165) is 0 Å². The lowest BCUT2D eigenvalue weighted by molar-refractivity contribution is -0.144. The number of unbranched alkanes of at least 4 members (excludes halogenated alkanes) is 1. The molecule has 37 heteroatoms. The molecule has 0 aliphatic carbocycles. The Bertz CT molecular complexity index is 4080. The Labute approximate surface area is 639 Å². The fraction of sp³-hybridized carbons (Fsp3) is 0.486. The lowest BCUT2D eigenvalue weighted by atomic mass is 10.00. The van der Waals surface area contributed by atoms with Crippen molar-refractivity contribution in [1.82, 2.24) is 73.4 Å². The number of carbonyl (C=O) groups excluding carboxylic acids is 14. The smallest absolute Gasteiger partial charge is 0.326 e. The fourth-order valence-corrected chi connectivity index (χ4v) is 12.7. The van der Waals surface area contributed by atoms with Gasteiger partial charge in [-0.2, -0.15) is 25.3 Å². The number of carbonyl (C=O) groups is 15. The van der Waals surface area contributed by atoms with E-state index in [9.17, 15) is 82.1 Å². The number of para-hydroxylation sites is 2. The van der Waals surface area contributed by atoms with Gasteiger partial charge in [0.05, 0.1) is 25.4 Å². The van der Waals surface area contributed by atoms with E-state index in [2.05, 4.69) is 93.7 Å². The monoisotopic (exact) mass is 1550 g/mol. The third kappa shape index (κ3) is 26.3.